The van der Waals surface area contributed by atoms with Gasteiger partial charge in [-0.2, -0.15) is 0 Å². The second-order valence-corrected chi connectivity index (χ2v) is 2.91. The smallest absolute Gasteiger partial charge is 0.303 e. The zero-order valence-corrected chi connectivity index (χ0v) is 6.43. The highest BCUT2D eigenvalue weighted by molar-refractivity contribution is 5.66. The Morgan fingerprint density at radius 3 is 2.75 bits per heavy atom. The van der Waals surface area contributed by atoms with Crippen LogP contribution in [-0.2, 0) is 9.53 Å². The van der Waals surface area contributed by atoms with Crippen molar-refractivity contribution in [2.75, 3.05) is 13.2 Å². The molecule has 1 aliphatic heterocycles. The number of aliphatic carboxylic acids is 1. The molecule has 0 aliphatic carbocycles. The first kappa shape index (κ1) is 9.38. The molecule has 0 spiro atoms. The number of hydrogen-bond donors (Lipinski definition) is 1. The van der Waals surface area contributed by atoms with Crippen molar-refractivity contribution < 1.29 is 23.4 Å². The first-order valence-electron chi connectivity index (χ1n) is 3.70. The predicted octanol–water partition coefficient (Wildman–Crippen LogP) is 1.13. The van der Waals surface area contributed by atoms with E-state index in [-0.39, 0.29) is 19.4 Å². The van der Waals surface area contributed by atoms with Gasteiger partial charge in [0.1, 0.15) is 6.61 Å². The van der Waals surface area contributed by atoms with Crippen LogP contribution in [-0.4, -0.2) is 30.2 Å². The summed E-state index contributed by atoms with van der Waals surface area (Å²) in [6.45, 7) is -0.600. The summed E-state index contributed by atoms with van der Waals surface area (Å²) in [4.78, 5) is 10.1. The Hall–Kier alpha value is -0.710. The van der Waals surface area contributed by atoms with Crippen LogP contribution in [0, 0.1) is 5.92 Å². The highest BCUT2D eigenvalue weighted by Crippen LogP contribution is 2.33. The summed E-state index contributed by atoms with van der Waals surface area (Å²) >= 11 is 0. The monoisotopic (exact) mass is 180 g/mol. The Labute approximate surface area is 68.3 Å². The highest BCUT2D eigenvalue weighted by atomic mass is 19.3. The first-order valence-corrected chi connectivity index (χ1v) is 3.70. The van der Waals surface area contributed by atoms with Crippen molar-refractivity contribution >= 4 is 5.97 Å². The van der Waals surface area contributed by atoms with Crippen molar-refractivity contribution in [1.82, 2.24) is 0 Å². The molecule has 0 amide bonds. The van der Waals surface area contributed by atoms with Gasteiger partial charge in [0.05, 0.1) is 6.61 Å². The van der Waals surface area contributed by atoms with Crippen LogP contribution in [0.4, 0.5) is 8.78 Å². The van der Waals surface area contributed by atoms with E-state index >= 15 is 0 Å². The molecular formula is C7H10F2O3. The number of hydrogen-bond acceptors (Lipinski definition) is 2. The molecule has 1 aliphatic rings. The van der Waals surface area contributed by atoms with Gasteiger partial charge in [0.2, 0.25) is 0 Å². The van der Waals surface area contributed by atoms with Gasteiger partial charge in [0.15, 0.2) is 0 Å². The zero-order chi connectivity index (χ0) is 9.19. The quantitative estimate of drug-likeness (QED) is 0.708. The van der Waals surface area contributed by atoms with Gasteiger partial charge in [-0.05, 0) is 6.42 Å². The van der Waals surface area contributed by atoms with E-state index < -0.39 is 24.4 Å². The lowest BCUT2D eigenvalue weighted by Gasteiger charge is -2.14. The third-order valence-corrected chi connectivity index (χ3v) is 1.92. The van der Waals surface area contributed by atoms with Crippen molar-refractivity contribution in [3.63, 3.8) is 0 Å². The van der Waals surface area contributed by atoms with Crippen LogP contribution in [0.15, 0.2) is 0 Å². The Balaban J connectivity index is 2.36. The van der Waals surface area contributed by atoms with Gasteiger partial charge in [0.25, 0.3) is 5.92 Å². The maximum Gasteiger partial charge on any atom is 0.303 e. The SMILES string of the molecule is O=C(O)CCC1COCC1(F)F. The topological polar surface area (TPSA) is 46.5 Å². The van der Waals surface area contributed by atoms with Gasteiger partial charge >= 0.3 is 5.97 Å². The molecule has 0 saturated carbocycles. The average Bonchev–Trinajstić information content (AvgIpc) is 2.25. The van der Waals surface area contributed by atoms with E-state index in [0.717, 1.165) is 0 Å². The van der Waals surface area contributed by atoms with Gasteiger partial charge in [-0.25, -0.2) is 8.78 Å². The summed E-state index contributed by atoms with van der Waals surface area (Å²) in [5.74, 6) is -4.80. The van der Waals surface area contributed by atoms with E-state index in [9.17, 15) is 13.6 Å². The normalized spacial score (nSPS) is 27.3. The van der Waals surface area contributed by atoms with Gasteiger partial charge < -0.3 is 9.84 Å². The van der Waals surface area contributed by atoms with E-state index in [1.54, 1.807) is 0 Å². The van der Waals surface area contributed by atoms with Gasteiger partial charge in [-0.1, -0.05) is 0 Å². The molecule has 1 N–H and O–H groups in total. The molecule has 12 heavy (non-hydrogen) atoms. The Morgan fingerprint density at radius 2 is 2.33 bits per heavy atom. The molecule has 1 saturated heterocycles. The molecule has 1 unspecified atom stereocenters. The molecule has 1 heterocycles. The Morgan fingerprint density at radius 1 is 1.67 bits per heavy atom. The molecule has 1 atom stereocenters. The highest BCUT2D eigenvalue weighted by Gasteiger charge is 2.44. The molecule has 1 fully saturated rings. The number of halogens is 2. The Kier molecular flexibility index (Phi) is 2.62. The molecule has 0 aromatic carbocycles. The summed E-state index contributed by atoms with van der Waals surface area (Å²) in [6, 6.07) is 0. The lowest BCUT2D eigenvalue weighted by atomic mass is 9.99. The minimum absolute atomic E-state index is 0.0116. The largest absolute Gasteiger partial charge is 0.481 e. The van der Waals surface area contributed by atoms with E-state index in [1.807, 2.05) is 0 Å². The van der Waals surface area contributed by atoms with Crippen molar-refractivity contribution in [2.24, 2.45) is 5.92 Å². The minimum Gasteiger partial charge on any atom is -0.481 e. The van der Waals surface area contributed by atoms with E-state index in [1.165, 1.54) is 0 Å². The number of ether oxygens (including phenoxy) is 1. The standard InChI is InChI=1S/C7H10F2O3/c8-7(9)4-12-3-5(7)1-2-6(10)11/h5H,1-4H2,(H,10,11). The molecule has 0 bridgehead atoms. The van der Waals surface area contributed by atoms with E-state index in [4.69, 9.17) is 5.11 Å². The molecule has 0 aromatic rings. The molecule has 3 nitrogen and oxygen atoms in total. The minimum atomic E-state index is -2.84. The van der Waals surface area contributed by atoms with Crippen LogP contribution in [0.5, 0.6) is 0 Å². The number of rotatable bonds is 3. The summed E-state index contributed by atoms with van der Waals surface area (Å²) in [5.41, 5.74) is 0. The molecule has 0 aromatic heterocycles. The summed E-state index contributed by atoms with van der Waals surface area (Å²) in [6.07, 6.45) is -0.230. The summed E-state index contributed by atoms with van der Waals surface area (Å²) in [7, 11) is 0. The molecule has 1 rings (SSSR count). The van der Waals surface area contributed by atoms with Crippen molar-refractivity contribution in [3.05, 3.63) is 0 Å². The van der Waals surface area contributed by atoms with Crippen molar-refractivity contribution in [3.8, 4) is 0 Å². The van der Waals surface area contributed by atoms with Crippen LogP contribution in [0.3, 0.4) is 0 Å². The summed E-state index contributed by atoms with van der Waals surface area (Å²) in [5, 5.41) is 8.26. The second-order valence-electron chi connectivity index (χ2n) is 2.91. The summed E-state index contributed by atoms with van der Waals surface area (Å²) < 4.78 is 30.0. The fourth-order valence-electron chi connectivity index (χ4n) is 1.17. The van der Waals surface area contributed by atoms with Crippen LogP contribution < -0.4 is 0 Å². The first-order chi connectivity index (χ1) is 5.52. The van der Waals surface area contributed by atoms with Crippen LogP contribution in [0.1, 0.15) is 12.8 Å². The van der Waals surface area contributed by atoms with Crippen LogP contribution in [0.25, 0.3) is 0 Å². The number of carboxylic acids is 1. The predicted molar refractivity (Wildman–Crippen MR) is 36.1 cm³/mol. The van der Waals surface area contributed by atoms with E-state index in [2.05, 4.69) is 4.74 Å². The number of carboxylic acid groups (broad SMARTS) is 1. The average molecular weight is 180 g/mol. The lowest BCUT2D eigenvalue weighted by Crippen LogP contribution is -2.26. The van der Waals surface area contributed by atoms with Crippen molar-refractivity contribution in [1.29, 1.82) is 0 Å². The third-order valence-electron chi connectivity index (χ3n) is 1.92. The third kappa shape index (κ3) is 2.14. The van der Waals surface area contributed by atoms with E-state index in [0.29, 0.717) is 0 Å². The lowest BCUT2D eigenvalue weighted by molar-refractivity contribution is -0.137. The maximum absolute atomic E-state index is 12.7. The van der Waals surface area contributed by atoms with Gasteiger partial charge in [-0.3, -0.25) is 4.79 Å². The fourth-order valence-corrected chi connectivity index (χ4v) is 1.17. The van der Waals surface area contributed by atoms with Crippen LogP contribution in [0.2, 0.25) is 0 Å². The molecule has 5 heteroatoms. The number of alkyl halides is 2. The molecule has 0 radical (unpaired) electrons. The number of carbonyl (C=O) groups is 1. The van der Waals surface area contributed by atoms with Gasteiger partial charge in [0, 0.05) is 12.3 Å². The Bertz CT molecular complexity index is 181. The second kappa shape index (κ2) is 3.35. The fraction of sp³-hybridized carbons (Fsp3) is 0.857. The maximum atomic E-state index is 12.7. The van der Waals surface area contributed by atoms with Gasteiger partial charge in [-0.15, -0.1) is 0 Å². The van der Waals surface area contributed by atoms with Crippen LogP contribution >= 0.6 is 0 Å². The molecular weight excluding hydrogens is 170 g/mol. The molecule has 70 valence electrons. The zero-order valence-electron chi connectivity index (χ0n) is 6.43. The van der Waals surface area contributed by atoms with Crippen molar-refractivity contribution in [2.45, 2.75) is 18.8 Å².